The van der Waals surface area contributed by atoms with Crippen LogP contribution < -0.4 is 5.11 Å². The van der Waals surface area contributed by atoms with Crippen LogP contribution in [0.15, 0.2) is 24.3 Å². The van der Waals surface area contributed by atoms with E-state index in [9.17, 15) is 9.90 Å². The van der Waals surface area contributed by atoms with Crippen molar-refractivity contribution < 1.29 is 9.90 Å². The fourth-order valence-electron chi connectivity index (χ4n) is 2.63. The molecule has 5 heteroatoms. The molecule has 0 atom stereocenters. The fourth-order valence-corrected chi connectivity index (χ4v) is 2.84. The molecule has 110 valence electrons. The van der Waals surface area contributed by atoms with Crippen LogP contribution in [-0.4, -0.2) is 15.7 Å². The Kier molecular flexibility index (Phi) is 3.72. The summed E-state index contributed by atoms with van der Waals surface area (Å²) in [5.74, 6) is -0.893. The summed E-state index contributed by atoms with van der Waals surface area (Å²) in [7, 11) is 0. The van der Waals surface area contributed by atoms with Crippen molar-refractivity contribution in [1.29, 1.82) is 0 Å². The number of rotatable bonds is 5. The van der Waals surface area contributed by atoms with E-state index in [2.05, 4.69) is 5.10 Å². The second-order valence-corrected chi connectivity index (χ2v) is 5.79. The van der Waals surface area contributed by atoms with Crippen molar-refractivity contribution in [3.63, 3.8) is 0 Å². The van der Waals surface area contributed by atoms with E-state index in [0.717, 1.165) is 24.9 Å². The summed E-state index contributed by atoms with van der Waals surface area (Å²) in [4.78, 5) is 11.6. The molecule has 0 spiro atoms. The lowest BCUT2D eigenvalue weighted by Gasteiger charge is -2.10. The Morgan fingerprint density at radius 2 is 2.14 bits per heavy atom. The molecule has 1 aromatic carbocycles. The second-order valence-electron chi connectivity index (χ2n) is 5.38. The highest BCUT2D eigenvalue weighted by molar-refractivity contribution is 6.32. The van der Waals surface area contributed by atoms with E-state index in [4.69, 9.17) is 11.6 Å². The standard InChI is InChI=1S/C16H17ClN2O2/c1-2-5-13-14(16(20)21)15(10-8-9-10)18-19(13)12-7-4-3-6-11(12)17/h3-4,6-7,10H,2,5,8-9H2,1H3,(H,20,21)/p-1. The van der Waals surface area contributed by atoms with Gasteiger partial charge in [-0.15, -0.1) is 0 Å². The Morgan fingerprint density at radius 1 is 1.43 bits per heavy atom. The Hall–Kier alpha value is -1.81. The molecule has 0 N–H and O–H groups in total. The van der Waals surface area contributed by atoms with Crippen molar-refractivity contribution in [1.82, 2.24) is 9.78 Å². The molecule has 21 heavy (non-hydrogen) atoms. The molecule has 0 saturated heterocycles. The number of carboxylic acid groups (broad SMARTS) is 1. The Balaban J connectivity index is 2.22. The van der Waals surface area contributed by atoms with Gasteiger partial charge in [0.25, 0.3) is 0 Å². The van der Waals surface area contributed by atoms with E-state index in [0.29, 0.717) is 22.8 Å². The van der Waals surface area contributed by atoms with Gasteiger partial charge in [0.1, 0.15) is 0 Å². The van der Waals surface area contributed by atoms with Crippen LogP contribution >= 0.6 is 11.6 Å². The molecule has 1 saturated carbocycles. The molecule has 0 radical (unpaired) electrons. The average molecular weight is 304 g/mol. The number of aromatic carboxylic acids is 1. The SMILES string of the molecule is CCCc1c(C(=O)[O-])c(C2CC2)nn1-c1ccccc1Cl. The summed E-state index contributed by atoms with van der Waals surface area (Å²) in [6.07, 6.45) is 3.45. The molecule has 0 bridgehead atoms. The number of nitrogens with zero attached hydrogens (tertiary/aromatic N) is 2. The van der Waals surface area contributed by atoms with Crippen LogP contribution in [0, 0.1) is 0 Å². The van der Waals surface area contributed by atoms with Gasteiger partial charge in [-0.05, 0) is 31.4 Å². The fraction of sp³-hybridized carbons (Fsp3) is 0.375. The van der Waals surface area contributed by atoms with E-state index in [1.165, 1.54) is 0 Å². The van der Waals surface area contributed by atoms with Gasteiger partial charge in [0, 0.05) is 11.5 Å². The molecule has 0 unspecified atom stereocenters. The van der Waals surface area contributed by atoms with Crippen LogP contribution in [0.25, 0.3) is 5.69 Å². The number of hydrogen-bond donors (Lipinski definition) is 0. The van der Waals surface area contributed by atoms with Crippen molar-refractivity contribution in [3.05, 3.63) is 46.2 Å². The smallest absolute Gasteiger partial charge is 0.0835 e. The molecule has 1 fully saturated rings. The molecule has 0 amide bonds. The highest BCUT2D eigenvalue weighted by Crippen LogP contribution is 2.42. The highest BCUT2D eigenvalue weighted by atomic mass is 35.5. The Morgan fingerprint density at radius 3 is 2.71 bits per heavy atom. The molecule has 1 heterocycles. The minimum absolute atomic E-state index is 0.247. The quantitative estimate of drug-likeness (QED) is 0.853. The van der Waals surface area contributed by atoms with Crippen molar-refractivity contribution in [2.75, 3.05) is 0 Å². The summed E-state index contributed by atoms with van der Waals surface area (Å²) >= 11 is 6.24. The van der Waals surface area contributed by atoms with Gasteiger partial charge >= 0.3 is 0 Å². The number of aromatic nitrogens is 2. The van der Waals surface area contributed by atoms with Crippen molar-refractivity contribution in [3.8, 4) is 5.69 Å². The lowest BCUT2D eigenvalue weighted by Crippen LogP contribution is -2.24. The van der Waals surface area contributed by atoms with Crippen LogP contribution in [0.1, 0.15) is 53.8 Å². The van der Waals surface area contributed by atoms with E-state index in [-0.39, 0.29) is 11.5 Å². The van der Waals surface area contributed by atoms with Crippen LogP contribution in [0.3, 0.4) is 0 Å². The number of hydrogen-bond acceptors (Lipinski definition) is 3. The zero-order valence-corrected chi connectivity index (χ0v) is 12.6. The van der Waals surface area contributed by atoms with Crippen LogP contribution in [0.2, 0.25) is 5.02 Å². The maximum absolute atomic E-state index is 11.6. The maximum atomic E-state index is 11.6. The van der Waals surface area contributed by atoms with E-state index in [1.54, 1.807) is 10.7 Å². The largest absolute Gasteiger partial charge is 0.545 e. The summed E-state index contributed by atoms with van der Waals surface area (Å²) in [6.45, 7) is 2.01. The van der Waals surface area contributed by atoms with Gasteiger partial charge in [0.15, 0.2) is 0 Å². The number of para-hydroxylation sites is 1. The molecule has 0 aliphatic heterocycles. The first kappa shape index (κ1) is 14.1. The van der Waals surface area contributed by atoms with Gasteiger partial charge in [0.2, 0.25) is 0 Å². The molecule has 1 aromatic heterocycles. The monoisotopic (exact) mass is 303 g/mol. The van der Waals surface area contributed by atoms with Gasteiger partial charge in [-0.1, -0.05) is 37.1 Å². The van der Waals surface area contributed by atoms with Crippen LogP contribution in [0.4, 0.5) is 0 Å². The first-order valence-electron chi connectivity index (χ1n) is 7.21. The number of carbonyl (C=O) groups is 1. The molecule has 1 aliphatic rings. The van der Waals surface area contributed by atoms with Crippen molar-refractivity contribution in [2.45, 2.75) is 38.5 Å². The van der Waals surface area contributed by atoms with Gasteiger partial charge in [-0.3, -0.25) is 0 Å². The lowest BCUT2D eigenvalue weighted by molar-refractivity contribution is -0.255. The van der Waals surface area contributed by atoms with Gasteiger partial charge in [0.05, 0.1) is 28.1 Å². The topological polar surface area (TPSA) is 57.9 Å². The maximum Gasteiger partial charge on any atom is 0.0835 e. The number of halogens is 1. The number of carboxylic acids is 1. The molecular weight excluding hydrogens is 288 g/mol. The van der Waals surface area contributed by atoms with Crippen LogP contribution in [-0.2, 0) is 6.42 Å². The minimum atomic E-state index is -1.14. The molecular formula is C16H16ClN2O2-. The average Bonchev–Trinajstić information content (AvgIpc) is 3.22. The normalized spacial score (nSPS) is 14.4. The van der Waals surface area contributed by atoms with E-state index < -0.39 is 5.97 Å². The number of benzene rings is 1. The summed E-state index contributed by atoms with van der Waals surface area (Å²) in [5, 5.41) is 16.7. The Labute approximate surface area is 128 Å². The van der Waals surface area contributed by atoms with Crippen molar-refractivity contribution in [2.24, 2.45) is 0 Å². The first-order valence-corrected chi connectivity index (χ1v) is 7.59. The first-order chi connectivity index (χ1) is 10.1. The van der Waals surface area contributed by atoms with E-state index >= 15 is 0 Å². The highest BCUT2D eigenvalue weighted by Gasteiger charge is 2.32. The second kappa shape index (κ2) is 5.53. The molecule has 3 rings (SSSR count). The molecule has 4 nitrogen and oxygen atoms in total. The predicted molar refractivity (Wildman–Crippen MR) is 78.9 cm³/mol. The zero-order valence-electron chi connectivity index (χ0n) is 11.8. The van der Waals surface area contributed by atoms with Gasteiger partial charge in [-0.25, -0.2) is 4.68 Å². The summed E-state index contributed by atoms with van der Waals surface area (Å²) in [5.41, 5.74) is 2.32. The molecule has 2 aromatic rings. The number of carbonyl (C=O) groups excluding carboxylic acids is 1. The zero-order chi connectivity index (χ0) is 15.0. The van der Waals surface area contributed by atoms with Crippen LogP contribution in [0.5, 0.6) is 0 Å². The van der Waals surface area contributed by atoms with Crippen molar-refractivity contribution >= 4 is 17.6 Å². The molecule has 1 aliphatic carbocycles. The Bertz CT molecular complexity index is 690. The third-order valence-electron chi connectivity index (χ3n) is 3.74. The minimum Gasteiger partial charge on any atom is -0.545 e. The third kappa shape index (κ3) is 2.56. The van der Waals surface area contributed by atoms with Gasteiger partial charge < -0.3 is 9.90 Å². The lowest BCUT2D eigenvalue weighted by atomic mass is 10.1. The van der Waals surface area contributed by atoms with Gasteiger partial charge in [-0.2, -0.15) is 5.10 Å². The summed E-state index contributed by atoms with van der Waals surface area (Å²) < 4.78 is 1.69. The third-order valence-corrected chi connectivity index (χ3v) is 4.06. The predicted octanol–water partition coefficient (Wildman–Crippen LogP) is 2.72. The van der Waals surface area contributed by atoms with E-state index in [1.807, 2.05) is 25.1 Å². The summed E-state index contributed by atoms with van der Waals surface area (Å²) in [6, 6.07) is 7.35.